The lowest BCUT2D eigenvalue weighted by atomic mass is 10.1. The van der Waals surface area contributed by atoms with Crippen molar-refractivity contribution in [2.24, 2.45) is 0 Å². The van der Waals surface area contributed by atoms with Crippen molar-refractivity contribution in [3.8, 4) is 0 Å². The number of nitrogens with zero attached hydrogens (tertiary/aromatic N) is 4. The largest absolute Gasteiger partial charge is 0.480 e. The van der Waals surface area contributed by atoms with Crippen molar-refractivity contribution in [1.82, 2.24) is 16.0 Å². The van der Waals surface area contributed by atoms with Gasteiger partial charge in [0.25, 0.3) is 20.3 Å². The summed E-state index contributed by atoms with van der Waals surface area (Å²) in [4.78, 5) is 93.1. The number of carbonyl (C=O) groups excluding carboxylic acids is 2. The van der Waals surface area contributed by atoms with Crippen molar-refractivity contribution in [3.63, 3.8) is 0 Å². The number of carboxylic acid groups (broad SMARTS) is 1. The molecule has 0 heterocycles. The Kier molecular flexibility index (Phi) is 20.8. The molecule has 0 radical (unpaired) electrons. The summed E-state index contributed by atoms with van der Waals surface area (Å²) < 4.78 is 9.70. The molecular weight excluding hydrogens is 640 g/mol. The maximum Gasteiger partial charge on any atom is 0.413 e. The molecule has 2 amide bonds. The van der Waals surface area contributed by atoms with Crippen molar-refractivity contribution < 1.29 is 68.7 Å². The first-order chi connectivity index (χ1) is 21.7. The van der Waals surface area contributed by atoms with E-state index in [0.29, 0.717) is 0 Å². The molecule has 0 rings (SSSR count). The van der Waals surface area contributed by atoms with Crippen LogP contribution in [0.5, 0.6) is 0 Å². The Labute approximate surface area is 257 Å². The smallest absolute Gasteiger partial charge is 0.413 e. The Bertz CT molecular complexity index is 1030. The number of carboxylic acids is 1. The summed E-state index contributed by atoms with van der Waals surface area (Å²) in [6.07, 6.45) is -3.70. The van der Waals surface area contributed by atoms with Crippen LogP contribution in [-0.4, -0.2) is 101 Å². The van der Waals surface area contributed by atoms with Crippen LogP contribution in [0.1, 0.15) is 51.4 Å². The van der Waals surface area contributed by atoms with Gasteiger partial charge in [-0.05, 0) is 51.4 Å². The number of hydrogen-bond acceptors (Lipinski definition) is 18. The monoisotopic (exact) mass is 674 g/mol. The van der Waals surface area contributed by atoms with E-state index in [1.807, 2.05) is 0 Å². The van der Waals surface area contributed by atoms with Gasteiger partial charge in [-0.3, -0.25) is 10.7 Å². The molecule has 3 atom stereocenters. The minimum atomic E-state index is -1.37. The van der Waals surface area contributed by atoms with Crippen LogP contribution in [0.3, 0.4) is 0 Å². The van der Waals surface area contributed by atoms with E-state index in [1.54, 1.807) is 0 Å². The molecule has 0 saturated heterocycles. The van der Waals surface area contributed by atoms with Gasteiger partial charge < -0.3 is 44.6 Å². The number of ether oxygens (including phenoxy) is 2. The van der Waals surface area contributed by atoms with Crippen LogP contribution in [0.15, 0.2) is 0 Å². The lowest BCUT2D eigenvalue weighted by Crippen LogP contribution is -2.43. The number of rotatable bonds is 26. The second-order valence-electron chi connectivity index (χ2n) is 8.81. The van der Waals surface area contributed by atoms with Crippen LogP contribution >= 0.6 is 0 Å². The zero-order valence-electron chi connectivity index (χ0n) is 24.1. The third-order valence-corrected chi connectivity index (χ3v) is 5.30. The summed E-state index contributed by atoms with van der Waals surface area (Å²) in [5.41, 5.74) is 0. The summed E-state index contributed by atoms with van der Waals surface area (Å²) in [7, 11) is 0. The molecule has 5 N–H and O–H groups in total. The standard InChI is InChI=1S/C20H34N8O18/c21-18(24-20(32)42-11-4-2-7-15(46-28(39)40)13-44-26(35)36)22-9-5-8-16(17(29)30)23-19(31)41-10-3-1-6-14(45-27(37)38)12-43-25(33)34/h14-16H,1-13H2,(H,23,31)(H,29,30)(H3,21,22,24,32). The average Bonchev–Trinajstić information content (AvgIpc) is 2.94. The van der Waals surface area contributed by atoms with Crippen molar-refractivity contribution in [2.45, 2.75) is 69.6 Å². The van der Waals surface area contributed by atoms with Crippen LogP contribution in [0.25, 0.3) is 0 Å². The number of nitrogens with one attached hydrogen (secondary N) is 4. The lowest BCUT2D eigenvalue weighted by molar-refractivity contribution is -0.790. The van der Waals surface area contributed by atoms with Gasteiger partial charge in [-0.25, -0.2) is 14.4 Å². The highest BCUT2D eigenvalue weighted by Gasteiger charge is 2.21. The second kappa shape index (κ2) is 23.7. The molecule has 0 spiro atoms. The van der Waals surface area contributed by atoms with E-state index in [1.165, 1.54) is 0 Å². The number of amides is 2. The topological polar surface area (TPSA) is 359 Å². The fourth-order valence-corrected chi connectivity index (χ4v) is 3.29. The number of aliphatic carboxylic acids is 1. The molecule has 0 aromatic heterocycles. The van der Waals surface area contributed by atoms with E-state index >= 15 is 0 Å². The Morgan fingerprint density at radius 1 is 0.696 bits per heavy atom. The van der Waals surface area contributed by atoms with E-state index in [0.717, 1.165) is 0 Å². The van der Waals surface area contributed by atoms with Gasteiger partial charge in [0.15, 0.2) is 5.96 Å². The Morgan fingerprint density at radius 3 is 1.61 bits per heavy atom. The highest BCUT2D eigenvalue weighted by molar-refractivity contribution is 5.91. The highest BCUT2D eigenvalue weighted by atomic mass is 17.0. The average molecular weight is 675 g/mol. The summed E-state index contributed by atoms with van der Waals surface area (Å²) >= 11 is 0. The molecule has 3 unspecified atom stereocenters. The van der Waals surface area contributed by atoms with Gasteiger partial charge in [-0.15, -0.1) is 40.5 Å². The Balaban J connectivity index is 4.20. The first kappa shape index (κ1) is 40.3. The van der Waals surface area contributed by atoms with Gasteiger partial charge >= 0.3 is 18.2 Å². The molecule has 0 aromatic rings. The van der Waals surface area contributed by atoms with Gasteiger partial charge in [0.2, 0.25) is 0 Å². The molecule has 0 aliphatic rings. The minimum Gasteiger partial charge on any atom is -0.480 e. The summed E-state index contributed by atoms with van der Waals surface area (Å²) in [5.74, 6) is -1.85. The molecule has 0 bridgehead atoms. The molecule has 46 heavy (non-hydrogen) atoms. The van der Waals surface area contributed by atoms with Gasteiger partial charge in [0.1, 0.15) is 31.5 Å². The number of hydrogen-bond donors (Lipinski definition) is 5. The van der Waals surface area contributed by atoms with E-state index in [4.69, 9.17) is 14.9 Å². The highest BCUT2D eigenvalue weighted by Crippen LogP contribution is 2.08. The molecule has 0 aliphatic carbocycles. The van der Waals surface area contributed by atoms with Gasteiger partial charge in [0, 0.05) is 6.54 Å². The SMILES string of the molecule is N=C(NCCCC(NC(=O)OCCCCC(CO[N+](=O)[O-])O[N+](=O)[O-])C(=O)O)NC(=O)OCCCCC(CO[N+](=O)[O-])O[N+](=O)[O-]. The molecule has 0 fully saturated rings. The summed E-state index contributed by atoms with van der Waals surface area (Å²) in [5, 5.41) is 60.5. The third kappa shape index (κ3) is 23.8. The van der Waals surface area contributed by atoms with Gasteiger partial charge in [-0.2, -0.15) is 0 Å². The fraction of sp³-hybridized carbons (Fsp3) is 0.800. The Morgan fingerprint density at radius 2 is 1.17 bits per heavy atom. The predicted octanol–water partition coefficient (Wildman–Crippen LogP) is 0.108. The molecule has 26 nitrogen and oxygen atoms in total. The van der Waals surface area contributed by atoms with Crippen LogP contribution in [0.2, 0.25) is 0 Å². The quantitative estimate of drug-likeness (QED) is 0.0267. The predicted molar refractivity (Wildman–Crippen MR) is 143 cm³/mol. The van der Waals surface area contributed by atoms with Gasteiger partial charge in [0.05, 0.1) is 13.2 Å². The summed E-state index contributed by atoms with van der Waals surface area (Å²) in [6, 6.07) is -1.36. The van der Waals surface area contributed by atoms with Crippen molar-refractivity contribution >= 4 is 24.1 Å². The second-order valence-corrected chi connectivity index (χ2v) is 8.81. The minimum absolute atomic E-state index is 0.00330. The van der Waals surface area contributed by atoms with Crippen molar-refractivity contribution in [1.29, 1.82) is 5.41 Å². The number of guanidine groups is 1. The normalized spacial score (nSPS) is 12.2. The lowest BCUT2D eigenvalue weighted by Gasteiger charge is -2.16. The van der Waals surface area contributed by atoms with Crippen LogP contribution in [-0.2, 0) is 33.6 Å². The first-order valence-electron chi connectivity index (χ1n) is 13.3. The van der Waals surface area contributed by atoms with Crippen LogP contribution < -0.4 is 16.0 Å². The number of alkyl carbamates (subject to hydrolysis) is 2. The van der Waals surface area contributed by atoms with Gasteiger partial charge in [-0.1, -0.05) is 0 Å². The number of carbonyl (C=O) groups is 3. The third-order valence-electron chi connectivity index (χ3n) is 5.30. The maximum atomic E-state index is 11.9. The molecule has 0 aromatic carbocycles. The van der Waals surface area contributed by atoms with E-state index in [2.05, 4.69) is 35.3 Å². The summed E-state index contributed by atoms with van der Waals surface area (Å²) in [6.45, 7) is -1.68. The van der Waals surface area contributed by atoms with Crippen LogP contribution in [0.4, 0.5) is 9.59 Å². The molecule has 262 valence electrons. The van der Waals surface area contributed by atoms with E-state index < -0.39 is 75.9 Å². The molecule has 0 saturated carbocycles. The molecule has 26 heteroatoms. The first-order valence-corrected chi connectivity index (χ1v) is 13.3. The Hall–Kier alpha value is -5.72. The zero-order valence-corrected chi connectivity index (χ0v) is 24.1. The van der Waals surface area contributed by atoms with E-state index in [-0.39, 0.29) is 71.1 Å². The van der Waals surface area contributed by atoms with Crippen LogP contribution in [0, 0.1) is 45.9 Å². The zero-order chi connectivity index (χ0) is 34.9. The number of unbranched alkanes of at least 4 members (excludes halogenated alkanes) is 2. The molecule has 0 aliphatic heterocycles. The fourth-order valence-electron chi connectivity index (χ4n) is 3.29. The van der Waals surface area contributed by atoms with E-state index in [9.17, 15) is 59.9 Å². The van der Waals surface area contributed by atoms with Crippen molar-refractivity contribution in [3.05, 3.63) is 40.5 Å². The molecular formula is C20H34N8O18. The van der Waals surface area contributed by atoms with Crippen molar-refractivity contribution in [2.75, 3.05) is 33.0 Å². The maximum absolute atomic E-state index is 11.9.